The van der Waals surface area contributed by atoms with Crippen molar-refractivity contribution in [1.29, 1.82) is 0 Å². The molecule has 0 aliphatic carbocycles. The van der Waals surface area contributed by atoms with Crippen LogP contribution in [0.25, 0.3) is 0 Å². The molecule has 0 bridgehead atoms. The van der Waals surface area contributed by atoms with Crippen LogP contribution in [0.1, 0.15) is 27.7 Å². The van der Waals surface area contributed by atoms with Gasteiger partial charge in [0.1, 0.15) is 10.8 Å². The van der Waals surface area contributed by atoms with Crippen molar-refractivity contribution in [1.82, 2.24) is 0 Å². The minimum atomic E-state index is -1.08. The smallest absolute Gasteiger partial charge is 0.338 e. The Hall–Kier alpha value is -2.21. The molecule has 2 rings (SSSR count). The zero-order valence-corrected chi connectivity index (χ0v) is 12.2. The zero-order valence-electron chi connectivity index (χ0n) is 11.4. The molecule has 110 valence electrons. The molecule has 2 aromatic rings. The van der Waals surface area contributed by atoms with Crippen molar-refractivity contribution in [2.45, 2.75) is 19.8 Å². The van der Waals surface area contributed by atoms with Gasteiger partial charge in [0.2, 0.25) is 5.91 Å². The van der Waals surface area contributed by atoms with Gasteiger partial charge >= 0.3 is 5.97 Å². The Balaban J connectivity index is 2.12. The molecular formula is C15H14FNO3S. The summed E-state index contributed by atoms with van der Waals surface area (Å²) in [5.74, 6) is -1.85. The fourth-order valence-corrected chi connectivity index (χ4v) is 2.88. The van der Waals surface area contributed by atoms with Crippen LogP contribution in [0.15, 0.2) is 30.3 Å². The number of aromatic carboxylic acids is 1. The minimum Gasteiger partial charge on any atom is -0.478 e. The molecule has 0 atom stereocenters. The molecule has 21 heavy (non-hydrogen) atoms. The second-order valence-corrected chi connectivity index (χ2v) is 5.61. The van der Waals surface area contributed by atoms with Gasteiger partial charge in [-0.3, -0.25) is 4.79 Å². The lowest BCUT2D eigenvalue weighted by atomic mass is 10.1. The Morgan fingerprint density at radius 1 is 1.33 bits per heavy atom. The van der Waals surface area contributed by atoms with E-state index in [1.165, 1.54) is 29.5 Å². The third-order valence-electron chi connectivity index (χ3n) is 2.87. The van der Waals surface area contributed by atoms with Gasteiger partial charge in [0.05, 0.1) is 12.0 Å². The number of thiophene rings is 1. The first-order valence-electron chi connectivity index (χ1n) is 6.40. The van der Waals surface area contributed by atoms with Gasteiger partial charge in [-0.25, -0.2) is 9.18 Å². The van der Waals surface area contributed by atoms with Crippen LogP contribution in [0, 0.1) is 5.82 Å². The molecule has 2 N–H and O–H groups in total. The SMILES string of the molecule is CCc1cc(C(=O)O)c(NC(=O)Cc2cccc(F)c2)s1. The van der Waals surface area contributed by atoms with E-state index in [0.717, 1.165) is 4.88 Å². The summed E-state index contributed by atoms with van der Waals surface area (Å²) in [6, 6.07) is 7.32. The minimum absolute atomic E-state index is 0.00379. The molecule has 0 fully saturated rings. The molecule has 0 unspecified atom stereocenters. The number of halogens is 1. The first kappa shape index (κ1) is 15.2. The number of carboxylic acid groups (broad SMARTS) is 1. The van der Waals surface area contributed by atoms with Gasteiger partial charge in [0.25, 0.3) is 0 Å². The van der Waals surface area contributed by atoms with Gasteiger partial charge in [0, 0.05) is 4.88 Å². The van der Waals surface area contributed by atoms with Crippen LogP contribution in [0.2, 0.25) is 0 Å². The summed E-state index contributed by atoms with van der Waals surface area (Å²) < 4.78 is 13.1. The summed E-state index contributed by atoms with van der Waals surface area (Å²) in [7, 11) is 0. The summed E-state index contributed by atoms with van der Waals surface area (Å²) in [5.41, 5.74) is 0.626. The second kappa shape index (κ2) is 6.49. The second-order valence-electron chi connectivity index (χ2n) is 4.47. The maximum atomic E-state index is 13.1. The monoisotopic (exact) mass is 307 g/mol. The van der Waals surface area contributed by atoms with Crippen molar-refractivity contribution in [2.24, 2.45) is 0 Å². The van der Waals surface area contributed by atoms with E-state index in [0.29, 0.717) is 17.0 Å². The molecule has 0 aliphatic heterocycles. The predicted molar refractivity (Wildman–Crippen MR) is 79.4 cm³/mol. The maximum Gasteiger partial charge on any atom is 0.338 e. The molecule has 1 amide bonds. The highest BCUT2D eigenvalue weighted by Gasteiger charge is 2.16. The Morgan fingerprint density at radius 3 is 2.71 bits per heavy atom. The van der Waals surface area contributed by atoms with E-state index in [9.17, 15) is 14.0 Å². The van der Waals surface area contributed by atoms with Crippen LogP contribution in [0.4, 0.5) is 9.39 Å². The number of carboxylic acids is 1. The van der Waals surface area contributed by atoms with Crippen LogP contribution in [-0.2, 0) is 17.6 Å². The van der Waals surface area contributed by atoms with Crippen molar-refractivity contribution >= 4 is 28.2 Å². The fraction of sp³-hybridized carbons (Fsp3) is 0.200. The van der Waals surface area contributed by atoms with Crippen molar-refractivity contribution in [3.63, 3.8) is 0 Å². The maximum absolute atomic E-state index is 13.1. The third-order valence-corrected chi connectivity index (χ3v) is 4.06. The van der Waals surface area contributed by atoms with E-state index in [1.807, 2.05) is 6.92 Å². The van der Waals surface area contributed by atoms with Crippen LogP contribution >= 0.6 is 11.3 Å². The van der Waals surface area contributed by atoms with E-state index in [1.54, 1.807) is 12.1 Å². The fourth-order valence-electron chi connectivity index (χ4n) is 1.87. The molecule has 1 aromatic heterocycles. The number of carbonyl (C=O) groups excluding carboxylic acids is 1. The molecule has 0 radical (unpaired) electrons. The predicted octanol–water partition coefficient (Wildman–Crippen LogP) is 3.33. The number of carbonyl (C=O) groups is 2. The Bertz CT molecular complexity index is 681. The summed E-state index contributed by atoms with van der Waals surface area (Å²) in [4.78, 5) is 24.0. The van der Waals surface area contributed by atoms with Crippen molar-refractivity contribution < 1.29 is 19.1 Å². The standard InChI is InChI=1S/C15H14FNO3S/c1-2-11-8-12(15(19)20)14(21-11)17-13(18)7-9-4-3-5-10(16)6-9/h3-6,8H,2,7H2,1H3,(H,17,18)(H,19,20). The molecule has 4 nitrogen and oxygen atoms in total. The largest absolute Gasteiger partial charge is 0.478 e. The number of benzene rings is 1. The highest BCUT2D eigenvalue weighted by Crippen LogP contribution is 2.28. The van der Waals surface area contributed by atoms with Gasteiger partial charge in [-0.2, -0.15) is 0 Å². The van der Waals surface area contributed by atoms with Crippen molar-refractivity contribution in [3.8, 4) is 0 Å². The quantitative estimate of drug-likeness (QED) is 0.890. The summed E-state index contributed by atoms with van der Waals surface area (Å²) in [6.45, 7) is 1.91. The van der Waals surface area contributed by atoms with Crippen LogP contribution < -0.4 is 5.32 Å². The number of anilines is 1. The molecule has 1 aromatic carbocycles. The molecular weight excluding hydrogens is 293 g/mol. The van der Waals surface area contributed by atoms with E-state index < -0.39 is 11.8 Å². The van der Waals surface area contributed by atoms with Crippen molar-refractivity contribution in [3.05, 3.63) is 52.2 Å². The molecule has 0 aliphatic rings. The van der Waals surface area contributed by atoms with E-state index >= 15 is 0 Å². The van der Waals surface area contributed by atoms with E-state index in [2.05, 4.69) is 5.32 Å². The topological polar surface area (TPSA) is 66.4 Å². The average molecular weight is 307 g/mol. The molecule has 0 spiro atoms. The van der Waals surface area contributed by atoms with Gasteiger partial charge < -0.3 is 10.4 Å². The third kappa shape index (κ3) is 3.88. The molecule has 0 saturated carbocycles. The van der Waals surface area contributed by atoms with Gasteiger partial charge in [0.15, 0.2) is 0 Å². The van der Waals surface area contributed by atoms with Crippen LogP contribution in [-0.4, -0.2) is 17.0 Å². The highest BCUT2D eigenvalue weighted by molar-refractivity contribution is 7.16. The highest BCUT2D eigenvalue weighted by atomic mass is 32.1. The molecule has 1 heterocycles. The normalized spacial score (nSPS) is 10.4. The Morgan fingerprint density at radius 2 is 2.10 bits per heavy atom. The number of nitrogens with one attached hydrogen (secondary N) is 1. The van der Waals surface area contributed by atoms with E-state index in [4.69, 9.17) is 5.11 Å². The molecule has 6 heteroatoms. The summed E-state index contributed by atoms with van der Waals surface area (Å²) >= 11 is 1.24. The number of hydrogen-bond acceptors (Lipinski definition) is 3. The average Bonchev–Trinajstić information content (AvgIpc) is 2.81. The first-order valence-corrected chi connectivity index (χ1v) is 7.21. The Labute approximate surface area is 125 Å². The Kier molecular flexibility index (Phi) is 4.70. The van der Waals surface area contributed by atoms with E-state index in [-0.39, 0.29) is 17.9 Å². The lowest BCUT2D eigenvalue weighted by Crippen LogP contribution is -2.15. The lowest BCUT2D eigenvalue weighted by Gasteiger charge is -2.04. The number of hydrogen-bond donors (Lipinski definition) is 2. The number of aryl methyl sites for hydroxylation is 1. The van der Waals surface area contributed by atoms with Crippen LogP contribution in [0.5, 0.6) is 0 Å². The lowest BCUT2D eigenvalue weighted by molar-refractivity contribution is -0.115. The van der Waals surface area contributed by atoms with Crippen LogP contribution in [0.3, 0.4) is 0 Å². The zero-order chi connectivity index (χ0) is 15.4. The molecule has 0 saturated heterocycles. The summed E-state index contributed by atoms with van der Waals surface area (Å²) in [6.07, 6.45) is 0.695. The number of rotatable bonds is 5. The number of amides is 1. The summed E-state index contributed by atoms with van der Waals surface area (Å²) in [5, 5.41) is 12.0. The first-order chi connectivity index (χ1) is 9.99. The van der Waals surface area contributed by atoms with Gasteiger partial charge in [-0.05, 0) is 30.2 Å². The van der Waals surface area contributed by atoms with Gasteiger partial charge in [-0.15, -0.1) is 11.3 Å². The van der Waals surface area contributed by atoms with Crippen molar-refractivity contribution in [2.75, 3.05) is 5.32 Å². The van der Waals surface area contributed by atoms with Gasteiger partial charge in [-0.1, -0.05) is 19.1 Å².